The zero-order chi connectivity index (χ0) is 19.2. The fourth-order valence-corrected chi connectivity index (χ4v) is 2.75. The Bertz CT molecular complexity index is 971. The van der Waals surface area contributed by atoms with Crippen molar-refractivity contribution in [1.82, 2.24) is 10.3 Å². The highest BCUT2D eigenvalue weighted by molar-refractivity contribution is 5.81. The summed E-state index contributed by atoms with van der Waals surface area (Å²) in [6.07, 6.45) is -1.78. The van der Waals surface area contributed by atoms with Crippen LogP contribution in [0.4, 0.5) is 4.79 Å². The number of carbonyl (C=O) groups excluding carboxylic acids is 1. The third-order valence-electron chi connectivity index (χ3n) is 4.18. The summed E-state index contributed by atoms with van der Waals surface area (Å²) in [4.78, 5) is 26.6. The average molecular weight is 368 g/mol. The quantitative estimate of drug-likeness (QED) is 0.531. The summed E-state index contributed by atoms with van der Waals surface area (Å²) >= 11 is 0. The van der Waals surface area contributed by atoms with Gasteiger partial charge in [-0.05, 0) is 11.6 Å². The molecule has 7 nitrogen and oxygen atoms in total. The first-order valence-corrected chi connectivity index (χ1v) is 8.47. The minimum atomic E-state index is -1.29. The second-order valence-electron chi connectivity index (χ2n) is 6.07. The first kappa shape index (κ1) is 18.6. The summed E-state index contributed by atoms with van der Waals surface area (Å²) in [5, 5.41) is 23.5. The highest BCUT2D eigenvalue weighted by atomic mass is 16.5. The van der Waals surface area contributed by atoms with Gasteiger partial charge in [0.15, 0.2) is 5.43 Å². The molecule has 0 aliphatic rings. The molecule has 0 aliphatic heterocycles. The van der Waals surface area contributed by atoms with Gasteiger partial charge in [-0.2, -0.15) is 0 Å². The Hall–Kier alpha value is -3.16. The number of pyridine rings is 1. The number of alkyl carbamates (subject to hydrolysis) is 1. The topological polar surface area (TPSA) is 112 Å². The molecule has 0 bridgehead atoms. The third-order valence-corrected chi connectivity index (χ3v) is 4.18. The molecule has 0 saturated heterocycles. The van der Waals surface area contributed by atoms with E-state index in [1.165, 1.54) is 12.3 Å². The van der Waals surface area contributed by atoms with Gasteiger partial charge < -0.3 is 25.3 Å². The van der Waals surface area contributed by atoms with Gasteiger partial charge in [-0.25, -0.2) is 4.79 Å². The number of nitrogens with one attached hydrogen (secondary N) is 2. The fraction of sp³-hybridized carbons (Fsp3) is 0.200. The maximum atomic E-state index is 11.9. The molecule has 0 aliphatic carbocycles. The van der Waals surface area contributed by atoms with Crippen LogP contribution in [0, 0.1) is 0 Å². The number of H-pyrrole nitrogens is 1. The zero-order valence-corrected chi connectivity index (χ0v) is 14.5. The number of fused-ring (bicyclic) bond motifs is 1. The lowest BCUT2D eigenvalue weighted by molar-refractivity contribution is 0.0191. The molecule has 7 heteroatoms. The number of aromatic amines is 1. The fourth-order valence-electron chi connectivity index (χ4n) is 2.75. The standard InChI is InChI=1S/C20H20N2O5/c23-16-9-10-21-18-14(16)7-4-8-15(18)19(25)17(24)11-22-20(26)27-12-13-5-2-1-3-6-13/h1-10,17,19,24-25H,11-12H2,(H,21,23)(H,22,26). The Kier molecular flexibility index (Phi) is 5.85. The van der Waals surface area contributed by atoms with Crippen LogP contribution >= 0.6 is 0 Å². The number of hydrogen-bond acceptors (Lipinski definition) is 5. The number of aromatic nitrogens is 1. The Morgan fingerprint density at radius 1 is 1.07 bits per heavy atom. The lowest BCUT2D eigenvalue weighted by Gasteiger charge is -2.19. The van der Waals surface area contributed by atoms with E-state index >= 15 is 0 Å². The Balaban J connectivity index is 1.59. The molecule has 0 radical (unpaired) electrons. The molecule has 3 aromatic rings. The van der Waals surface area contributed by atoms with Crippen molar-refractivity contribution in [3.05, 3.63) is 82.1 Å². The lowest BCUT2D eigenvalue weighted by Crippen LogP contribution is -2.35. The molecule has 2 aromatic carbocycles. The van der Waals surface area contributed by atoms with Crippen molar-refractivity contribution >= 4 is 17.0 Å². The number of benzene rings is 2. The molecule has 4 N–H and O–H groups in total. The van der Waals surface area contributed by atoms with E-state index in [1.807, 2.05) is 30.3 Å². The number of ether oxygens (including phenoxy) is 1. The molecule has 1 heterocycles. The highest BCUT2D eigenvalue weighted by Crippen LogP contribution is 2.23. The predicted molar refractivity (Wildman–Crippen MR) is 100 cm³/mol. The van der Waals surface area contributed by atoms with Gasteiger partial charge in [-0.15, -0.1) is 0 Å². The summed E-state index contributed by atoms with van der Waals surface area (Å²) in [5.41, 5.74) is 1.48. The first-order chi connectivity index (χ1) is 13.1. The molecule has 2 atom stereocenters. The van der Waals surface area contributed by atoms with Crippen molar-refractivity contribution in [3.63, 3.8) is 0 Å². The third kappa shape index (κ3) is 4.52. The summed E-state index contributed by atoms with van der Waals surface area (Å²) in [7, 11) is 0. The van der Waals surface area contributed by atoms with Crippen LogP contribution in [0.25, 0.3) is 10.9 Å². The van der Waals surface area contributed by atoms with Gasteiger partial charge in [0.25, 0.3) is 0 Å². The maximum absolute atomic E-state index is 11.9. The molecule has 140 valence electrons. The van der Waals surface area contributed by atoms with E-state index < -0.39 is 18.3 Å². The van der Waals surface area contributed by atoms with Crippen molar-refractivity contribution < 1.29 is 19.7 Å². The zero-order valence-electron chi connectivity index (χ0n) is 14.5. The van der Waals surface area contributed by atoms with Crippen LogP contribution in [0.15, 0.2) is 65.6 Å². The monoisotopic (exact) mass is 368 g/mol. The molecule has 0 saturated carbocycles. The van der Waals surface area contributed by atoms with E-state index in [1.54, 1.807) is 18.2 Å². The minimum Gasteiger partial charge on any atom is -0.445 e. The van der Waals surface area contributed by atoms with E-state index in [0.717, 1.165) is 5.56 Å². The van der Waals surface area contributed by atoms with E-state index in [-0.39, 0.29) is 18.6 Å². The van der Waals surface area contributed by atoms with Crippen LogP contribution in [0.3, 0.4) is 0 Å². The largest absolute Gasteiger partial charge is 0.445 e. The van der Waals surface area contributed by atoms with Crippen LogP contribution in [0.2, 0.25) is 0 Å². The normalized spacial score (nSPS) is 13.1. The number of hydrogen-bond donors (Lipinski definition) is 4. The summed E-state index contributed by atoms with van der Waals surface area (Å²) < 4.78 is 5.06. The number of aliphatic hydroxyl groups is 2. The van der Waals surface area contributed by atoms with Crippen LogP contribution in [0.1, 0.15) is 17.2 Å². The van der Waals surface area contributed by atoms with Crippen LogP contribution in [0.5, 0.6) is 0 Å². The van der Waals surface area contributed by atoms with Gasteiger partial charge in [-0.1, -0.05) is 42.5 Å². The highest BCUT2D eigenvalue weighted by Gasteiger charge is 2.22. The van der Waals surface area contributed by atoms with E-state index in [4.69, 9.17) is 4.74 Å². The maximum Gasteiger partial charge on any atom is 0.407 e. The number of aliphatic hydroxyl groups excluding tert-OH is 2. The number of amides is 1. The van der Waals surface area contributed by atoms with Gasteiger partial charge in [-0.3, -0.25) is 4.79 Å². The molecule has 27 heavy (non-hydrogen) atoms. The second-order valence-corrected chi connectivity index (χ2v) is 6.07. The first-order valence-electron chi connectivity index (χ1n) is 8.47. The predicted octanol–water partition coefficient (Wildman–Crippen LogP) is 1.85. The molecular formula is C20H20N2O5. The Labute approximate surface area is 155 Å². The smallest absolute Gasteiger partial charge is 0.407 e. The van der Waals surface area contributed by atoms with E-state index in [2.05, 4.69) is 10.3 Å². The number of rotatable bonds is 6. The second kappa shape index (κ2) is 8.48. The molecule has 2 unspecified atom stereocenters. The summed E-state index contributed by atoms with van der Waals surface area (Å²) in [5.74, 6) is 0. The minimum absolute atomic E-state index is 0.107. The Morgan fingerprint density at radius 2 is 1.85 bits per heavy atom. The summed E-state index contributed by atoms with van der Waals surface area (Å²) in [6.45, 7) is -0.0991. The number of carbonyl (C=O) groups is 1. The van der Waals surface area contributed by atoms with Crippen molar-refractivity contribution in [2.24, 2.45) is 0 Å². The van der Waals surface area contributed by atoms with Crippen LogP contribution < -0.4 is 10.7 Å². The summed E-state index contributed by atoms with van der Waals surface area (Å²) in [6, 6.07) is 15.5. The van der Waals surface area contributed by atoms with E-state index in [9.17, 15) is 19.8 Å². The Morgan fingerprint density at radius 3 is 2.63 bits per heavy atom. The van der Waals surface area contributed by atoms with Crippen molar-refractivity contribution in [3.8, 4) is 0 Å². The van der Waals surface area contributed by atoms with Gasteiger partial charge in [0.1, 0.15) is 18.8 Å². The molecular weight excluding hydrogens is 348 g/mol. The van der Waals surface area contributed by atoms with Crippen molar-refractivity contribution in [1.29, 1.82) is 0 Å². The van der Waals surface area contributed by atoms with E-state index in [0.29, 0.717) is 16.5 Å². The number of para-hydroxylation sites is 1. The average Bonchev–Trinajstić information content (AvgIpc) is 2.70. The van der Waals surface area contributed by atoms with Crippen molar-refractivity contribution in [2.45, 2.75) is 18.8 Å². The van der Waals surface area contributed by atoms with Gasteiger partial charge in [0.05, 0.1) is 5.52 Å². The molecule has 0 spiro atoms. The van der Waals surface area contributed by atoms with Gasteiger partial charge >= 0.3 is 6.09 Å². The lowest BCUT2D eigenvalue weighted by atomic mass is 10.0. The molecule has 1 amide bonds. The van der Waals surface area contributed by atoms with Crippen molar-refractivity contribution in [2.75, 3.05) is 6.54 Å². The van der Waals surface area contributed by atoms with Crippen LogP contribution in [-0.4, -0.2) is 33.9 Å². The van der Waals surface area contributed by atoms with Crippen LogP contribution in [-0.2, 0) is 11.3 Å². The SMILES string of the molecule is O=C(NCC(O)C(O)c1cccc2c(=O)cc[nH]c12)OCc1ccccc1. The van der Waals surface area contributed by atoms with Gasteiger partial charge in [0.2, 0.25) is 0 Å². The van der Waals surface area contributed by atoms with Gasteiger partial charge in [0, 0.05) is 29.8 Å². The molecule has 3 rings (SSSR count). The molecule has 1 aromatic heterocycles. The molecule has 0 fully saturated rings.